The van der Waals surface area contributed by atoms with E-state index in [9.17, 15) is 9.90 Å². The summed E-state index contributed by atoms with van der Waals surface area (Å²) in [6.45, 7) is 0.418. The van der Waals surface area contributed by atoms with E-state index in [2.05, 4.69) is 4.98 Å². The molecule has 0 saturated heterocycles. The number of para-hydroxylation sites is 1. The van der Waals surface area contributed by atoms with Gasteiger partial charge in [-0.2, -0.15) is 0 Å². The number of hydrogen-bond donors (Lipinski definition) is 1. The molecular weight excluding hydrogens is 321 g/mol. The molecule has 4 rings (SSSR count). The molecule has 4 nitrogen and oxygen atoms in total. The van der Waals surface area contributed by atoms with E-state index in [1.165, 1.54) is 6.20 Å². The van der Waals surface area contributed by atoms with Crippen molar-refractivity contribution in [1.82, 2.24) is 4.98 Å². The van der Waals surface area contributed by atoms with Gasteiger partial charge in [-0.25, -0.2) is 4.39 Å². The Kier molecular flexibility index (Phi) is 4.04. The van der Waals surface area contributed by atoms with Crippen LogP contribution in [0.25, 0.3) is 0 Å². The Labute approximate surface area is 145 Å². The van der Waals surface area contributed by atoms with Gasteiger partial charge in [0.25, 0.3) is 0 Å². The second-order valence-electron chi connectivity index (χ2n) is 6.91. The first-order valence-corrected chi connectivity index (χ1v) is 8.64. The molecular formula is C20H20FNO3. The largest absolute Gasteiger partial charge is 0.493 e. The summed E-state index contributed by atoms with van der Waals surface area (Å²) in [4.78, 5) is 16.9. The topological polar surface area (TPSA) is 59.4 Å². The fourth-order valence-electron chi connectivity index (χ4n) is 3.86. The van der Waals surface area contributed by atoms with Crippen molar-refractivity contribution < 1.29 is 19.0 Å². The van der Waals surface area contributed by atoms with Crippen LogP contribution in [0.15, 0.2) is 42.6 Å². The second-order valence-corrected chi connectivity index (χ2v) is 6.91. The third-order valence-corrected chi connectivity index (χ3v) is 5.22. The number of carbonyl (C=O) groups excluding carboxylic acids is 1. The third-order valence-electron chi connectivity index (χ3n) is 5.22. The van der Waals surface area contributed by atoms with Crippen LogP contribution in [0.3, 0.4) is 0 Å². The molecule has 0 fully saturated rings. The van der Waals surface area contributed by atoms with E-state index in [4.69, 9.17) is 4.74 Å². The van der Waals surface area contributed by atoms with Crippen molar-refractivity contribution in [1.29, 1.82) is 0 Å². The summed E-state index contributed by atoms with van der Waals surface area (Å²) in [7, 11) is 0. The van der Waals surface area contributed by atoms with Gasteiger partial charge in [-0.05, 0) is 37.0 Å². The van der Waals surface area contributed by atoms with Crippen molar-refractivity contribution >= 4 is 5.78 Å². The van der Waals surface area contributed by atoms with Crippen LogP contribution in [0.5, 0.6) is 5.75 Å². The molecule has 1 N–H and O–H groups in total. The minimum absolute atomic E-state index is 0.00411. The summed E-state index contributed by atoms with van der Waals surface area (Å²) in [5.41, 5.74) is -0.508. The van der Waals surface area contributed by atoms with Crippen LogP contribution < -0.4 is 4.74 Å². The van der Waals surface area contributed by atoms with Gasteiger partial charge in [0.2, 0.25) is 0 Å². The number of ether oxygens (including phenoxy) is 1. The number of aromatic nitrogens is 1. The van der Waals surface area contributed by atoms with Gasteiger partial charge in [-0.3, -0.25) is 9.78 Å². The summed E-state index contributed by atoms with van der Waals surface area (Å²) in [5, 5.41) is 10.0. The Bertz CT molecular complexity index is 809. The molecule has 0 saturated carbocycles. The fraction of sp³-hybridized carbons (Fsp3) is 0.400. The van der Waals surface area contributed by atoms with Gasteiger partial charge in [-0.15, -0.1) is 0 Å². The number of alkyl halides is 1. The van der Waals surface area contributed by atoms with Crippen molar-refractivity contribution in [2.24, 2.45) is 5.92 Å². The van der Waals surface area contributed by atoms with Crippen LogP contribution in [0.1, 0.15) is 42.2 Å². The molecule has 130 valence electrons. The number of fused-ring (bicyclic) bond motifs is 2. The average Bonchev–Trinajstić information content (AvgIpc) is 2.65. The van der Waals surface area contributed by atoms with Crippen molar-refractivity contribution in [3.8, 4) is 5.75 Å². The van der Waals surface area contributed by atoms with Gasteiger partial charge >= 0.3 is 0 Å². The molecule has 0 spiro atoms. The number of ketones is 1. The number of hydrogen-bond acceptors (Lipinski definition) is 4. The fourth-order valence-corrected chi connectivity index (χ4v) is 3.86. The highest BCUT2D eigenvalue weighted by atomic mass is 19.1. The third kappa shape index (κ3) is 2.82. The molecule has 1 aromatic heterocycles. The highest BCUT2D eigenvalue weighted by Gasteiger charge is 2.46. The zero-order valence-electron chi connectivity index (χ0n) is 13.8. The lowest BCUT2D eigenvalue weighted by Gasteiger charge is -2.34. The SMILES string of the molecule is O=C(CC1COc2ccccc2C1)[C@]1(F)CC[C@H](O)c2ncccc21. The number of halogens is 1. The Balaban J connectivity index is 1.55. The molecule has 1 aromatic carbocycles. The normalized spacial score (nSPS) is 27.8. The zero-order chi connectivity index (χ0) is 17.4. The Hall–Kier alpha value is -2.27. The molecule has 2 heterocycles. The lowest BCUT2D eigenvalue weighted by atomic mass is 9.76. The molecule has 5 heteroatoms. The quantitative estimate of drug-likeness (QED) is 0.931. The first kappa shape index (κ1) is 16.2. The lowest BCUT2D eigenvalue weighted by molar-refractivity contribution is -0.134. The number of pyridine rings is 1. The minimum atomic E-state index is -2.07. The van der Waals surface area contributed by atoms with Crippen LogP contribution in [-0.4, -0.2) is 22.5 Å². The van der Waals surface area contributed by atoms with Crippen LogP contribution in [0.2, 0.25) is 0 Å². The maximum atomic E-state index is 15.6. The van der Waals surface area contributed by atoms with Gasteiger partial charge < -0.3 is 9.84 Å². The molecule has 0 bridgehead atoms. The molecule has 1 aliphatic heterocycles. The number of nitrogens with zero attached hydrogens (tertiary/aromatic N) is 1. The predicted molar refractivity (Wildman–Crippen MR) is 90.0 cm³/mol. The summed E-state index contributed by atoms with van der Waals surface area (Å²) in [5.74, 6) is 0.361. The molecule has 0 amide bonds. The van der Waals surface area contributed by atoms with Crippen molar-refractivity contribution in [3.63, 3.8) is 0 Å². The second kappa shape index (κ2) is 6.23. The Morgan fingerprint density at radius 3 is 3.04 bits per heavy atom. The summed E-state index contributed by atoms with van der Waals surface area (Å²) in [6.07, 6.45) is 1.74. The number of aliphatic hydroxyl groups is 1. The van der Waals surface area contributed by atoms with Crippen LogP contribution in [-0.2, 0) is 16.9 Å². The smallest absolute Gasteiger partial charge is 0.195 e. The van der Waals surface area contributed by atoms with E-state index in [1.807, 2.05) is 24.3 Å². The lowest BCUT2D eigenvalue weighted by Crippen LogP contribution is -2.38. The summed E-state index contributed by atoms with van der Waals surface area (Å²) < 4.78 is 21.4. The monoisotopic (exact) mass is 341 g/mol. The minimum Gasteiger partial charge on any atom is -0.493 e. The number of benzene rings is 1. The predicted octanol–water partition coefficient (Wildman–Crippen LogP) is 3.28. The summed E-state index contributed by atoms with van der Waals surface area (Å²) >= 11 is 0. The van der Waals surface area contributed by atoms with E-state index < -0.39 is 17.6 Å². The van der Waals surface area contributed by atoms with Crippen LogP contribution >= 0.6 is 0 Å². The molecule has 1 aliphatic carbocycles. The maximum Gasteiger partial charge on any atom is 0.195 e. The number of Topliss-reactive ketones (excluding diaryl/α,β-unsaturated/α-hetero) is 1. The Morgan fingerprint density at radius 2 is 2.16 bits per heavy atom. The van der Waals surface area contributed by atoms with Gasteiger partial charge in [0.05, 0.1) is 18.4 Å². The van der Waals surface area contributed by atoms with E-state index >= 15 is 4.39 Å². The first-order chi connectivity index (χ1) is 12.1. The van der Waals surface area contributed by atoms with Crippen molar-refractivity contribution in [3.05, 3.63) is 59.4 Å². The highest BCUT2D eigenvalue weighted by molar-refractivity contribution is 5.89. The van der Waals surface area contributed by atoms with Crippen LogP contribution in [0, 0.1) is 5.92 Å². The molecule has 2 aromatic rings. The Morgan fingerprint density at radius 1 is 1.32 bits per heavy atom. The summed E-state index contributed by atoms with van der Waals surface area (Å²) in [6, 6.07) is 10.9. The van der Waals surface area contributed by atoms with Gasteiger partial charge in [0, 0.05) is 24.1 Å². The molecule has 25 heavy (non-hydrogen) atoms. The standard InChI is InChI=1S/C20H20FNO3/c21-20(8-7-16(23)19-15(20)5-3-9-22-19)18(24)11-13-10-14-4-1-2-6-17(14)25-12-13/h1-6,9,13,16,23H,7-8,10-12H2/t13?,16-,20-/m0/s1. The molecule has 0 radical (unpaired) electrons. The highest BCUT2D eigenvalue weighted by Crippen LogP contribution is 2.44. The van der Waals surface area contributed by atoms with E-state index in [-0.39, 0.29) is 36.4 Å². The maximum absolute atomic E-state index is 15.6. The van der Waals surface area contributed by atoms with E-state index in [1.54, 1.807) is 12.1 Å². The molecule has 2 aliphatic rings. The molecule has 3 atom stereocenters. The number of aliphatic hydroxyl groups excluding tert-OH is 1. The van der Waals surface area contributed by atoms with Gasteiger partial charge in [-0.1, -0.05) is 24.3 Å². The van der Waals surface area contributed by atoms with Gasteiger partial charge in [0.1, 0.15) is 5.75 Å². The average molecular weight is 341 g/mol. The molecule has 1 unspecified atom stereocenters. The number of carbonyl (C=O) groups is 1. The van der Waals surface area contributed by atoms with Gasteiger partial charge in [0.15, 0.2) is 11.5 Å². The number of rotatable bonds is 3. The van der Waals surface area contributed by atoms with Crippen LogP contribution in [0.4, 0.5) is 4.39 Å². The van der Waals surface area contributed by atoms with Crippen molar-refractivity contribution in [2.45, 2.75) is 37.5 Å². The zero-order valence-corrected chi connectivity index (χ0v) is 13.8. The van der Waals surface area contributed by atoms with Crippen molar-refractivity contribution in [2.75, 3.05) is 6.61 Å². The first-order valence-electron chi connectivity index (χ1n) is 8.64. The van der Waals surface area contributed by atoms with E-state index in [0.717, 1.165) is 11.3 Å². The van der Waals surface area contributed by atoms with E-state index in [0.29, 0.717) is 13.0 Å².